The third-order valence-electron chi connectivity index (χ3n) is 6.39. The molecule has 2 aliphatic rings. The van der Waals surface area contributed by atoms with E-state index in [0.29, 0.717) is 37.8 Å². The minimum atomic E-state index is -1.31. The lowest BCUT2D eigenvalue weighted by Crippen LogP contribution is -2.57. The lowest BCUT2D eigenvalue weighted by molar-refractivity contribution is -0.152. The van der Waals surface area contributed by atoms with E-state index < -0.39 is 60.2 Å². The Labute approximate surface area is 202 Å². The zero-order valence-corrected chi connectivity index (χ0v) is 19.3. The minimum Gasteiger partial charge on any atom is -0.508 e. The molecule has 0 bridgehead atoms. The van der Waals surface area contributed by atoms with Crippen molar-refractivity contribution < 1.29 is 34.2 Å². The molecule has 2 aliphatic heterocycles. The van der Waals surface area contributed by atoms with E-state index in [0.717, 1.165) is 0 Å². The Hall–Kier alpha value is -3.67. The van der Waals surface area contributed by atoms with Crippen molar-refractivity contribution in [3.8, 4) is 5.75 Å². The second-order valence-electron chi connectivity index (χ2n) is 8.93. The van der Waals surface area contributed by atoms with Gasteiger partial charge in [0, 0.05) is 13.1 Å². The molecule has 2 fully saturated rings. The average Bonchev–Trinajstić information content (AvgIpc) is 3.49. The largest absolute Gasteiger partial charge is 0.508 e. The third kappa shape index (κ3) is 6.27. The Morgan fingerprint density at radius 1 is 1.00 bits per heavy atom. The maximum Gasteiger partial charge on any atom is 0.326 e. The van der Waals surface area contributed by atoms with Crippen LogP contribution in [0.2, 0.25) is 0 Å². The molecule has 1 aromatic rings. The zero-order chi connectivity index (χ0) is 25.7. The molecule has 2 saturated heterocycles. The molecule has 4 amide bonds. The van der Waals surface area contributed by atoms with Gasteiger partial charge in [0.15, 0.2) is 0 Å². The van der Waals surface area contributed by atoms with Crippen molar-refractivity contribution in [1.82, 2.24) is 15.1 Å². The van der Waals surface area contributed by atoms with Gasteiger partial charge in [0.05, 0.1) is 12.5 Å². The van der Waals surface area contributed by atoms with Gasteiger partial charge in [-0.15, -0.1) is 0 Å². The summed E-state index contributed by atoms with van der Waals surface area (Å²) in [7, 11) is 0. The van der Waals surface area contributed by atoms with E-state index in [1.165, 1.54) is 21.9 Å². The number of nitrogens with two attached hydrogens (primary N) is 2. The van der Waals surface area contributed by atoms with Gasteiger partial charge in [0.25, 0.3) is 0 Å². The third-order valence-corrected chi connectivity index (χ3v) is 6.39. The highest BCUT2D eigenvalue weighted by Gasteiger charge is 2.43. The van der Waals surface area contributed by atoms with E-state index in [-0.39, 0.29) is 18.7 Å². The van der Waals surface area contributed by atoms with Crippen molar-refractivity contribution in [3.63, 3.8) is 0 Å². The van der Waals surface area contributed by atoms with Gasteiger partial charge >= 0.3 is 5.97 Å². The van der Waals surface area contributed by atoms with Gasteiger partial charge < -0.3 is 36.8 Å². The van der Waals surface area contributed by atoms with E-state index in [1.54, 1.807) is 12.1 Å². The monoisotopic (exact) mass is 489 g/mol. The van der Waals surface area contributed by atoms with Crippen molar-refractivity contribution in [2.24, 2.45) is 11.5 Å². The number of nitrogens with one attached hydrogen (secondary N) is 1. The highest BCUT2D eigenvalue weighted by Crippen LogP contribution is 2.26. The number of primary amides is 1. The summed E-state index contributed by atoms with van der Waals surface area (Å²) in [5.41, 5.74) is 12.0. The molecule has 4 atom stereocenters. The number of nitrogens with zero attached hydrogens (tertiary/aromatic N) is 2. The Balaban J connectivity index is 1.70. The second-order valence-corrected chi connectivity index (χ2v) is 8.93. The summed E-state index contributed by atoms with van der Waals surface area (Å²) < 4.78 is 0. The molecule has 0 aliphatic carbocycles. The Morgan fingerprint density at radius 3 is 2.20 bits per heavy atom. The van der Waals surface area contributed by atoms with Crippen LogP contribution in [-0.4, -0.2) is 86.9 Å². The average molecular weight is 490 g/mol. The molecule has 190 valence electrons. The highest BCUT2D eigenvalue weighted by atomic mass is 16.4. The Morgan fingerprint density at radius 2 is 1.60 bits per heavy atom. The van der Waals surface area contributed by atoms with E-state index in [4.69, 9.17) is 11.5 Å². The van der Waals surface area contributed by atoms with Crippen LogP contribution in [0.1, 0.15) is 37.7 Å². The molecule has 0 aromatic heterocycles. The van der Waals surface area contributed by atoms with Gasteiger partial charge in [0.1, 0.15) is 23.9 Å². The number of hydrogen-bond donors (Lipinski definition) is 5. The van der Waals surface area contributed by atoms with Gasteiger partial charge in [-0.25, -0.2) is 4.79 Å². The van der Waals surface area contributed by atoms with Crippen LogP contribution in [0.4, 0.5) is 0 Å². The second kappa shape index (κ2) is 11.2. The normalized spacial score (nSPS) is 21.4. The quantitative estimate of drug-likeness (QED) is 0.282. The maximum absolute atomic E-state index is 13.3. The van der Waals surface area contributed by atoms with Gasteiger partial charge in [-0.2, -0.15) is 0 Å². The number of carboxylic acid groups (broad SMARTS) is 1. The number of amides is 4. The summed E-state index contributed by atoms with van der Waals surface area (Å²) in [6.07, 6.45) is 1.43. The molecule has 1 aromatic carbocycles. The number of carbonyl (C=O) groups is 5. The summed E-state index contributed by atoms with van der Waals surface area (Å²) in [5.74, 6) is -3.61. The van der Waals surface area contributed by atoms with Crippen LogP contribution in [0.5, 0.6) is 5.75 Å². The lowest BCUT2D eigenvalue weighted by atomic mass is 10.0. The van der Waals surface area contributed by atoms with Crippen LogP contribution in [0.15, 0.2) is 24.3 Å². The van der Waals surface area contributed by atoms with Crippen LogP contribution in [0.25, 0.3) is 0 Å². The van der Waals surface area contributed by atoms with Crippen LogP contribution < -0.4 is 16.8 Å². The standard InChI is InChI=1S/C23H31N5O7/c24-15(11-13-5-7-14(29)8-6-13)20(31)26-16(12-19(25)30)21(32)27-9-1-3-17(27)22(33)28-10-2-4-18(28)23(34)35/h5-8,15-18,29H,1-4,9-12,24H2,(H2,25,30)(H,26,31)(H,34,35). The molecular weight excluding hydrogens is 458 g/mol. The van der Waals surface area contributed by atoms with E-state index >= 15 is 0 Å². The van der Waals surface area contributed by atoms with Crippen molar-refractivity contribution in [1.29, 1.82) is 0 Å². The number of likely N-dealkylation sites (tertiary alicyclic amines) is 2. The number of aliphatic carboxylic acids is 1. The van der Waals surface area contributed by atoms with Crippen LogP contribution in [0.3, 0.4) is 0 Å². The first-order valence-corrected chi connectivity index (χ1v) is 11.5. The number of hydrogen-bond acceptors (Lipinski definition) is 7. The minimum absolute atomic E-state index is 0.0669. The smallest absolute Gasteiger partial charge is 0.326 e. The number of benzene rings is 1. The van der Waals surface area contributed by atoms with Crippen molar-refractivity contribution in [3.05, 3.63) is 29.8 Å². The van der Waals surface area contributed by atoms with E-state index in [2.05, 4.69) is 5.32 Å². The number of phenolic OH excluding ortho intramolecular Hbond substituents is 1. The SMILES string of the molecule is NC(=O)CC(NC(=O)C(N)Cc1ccc(O)cc1)C(=O)N1CCCC1C(=O)N1CCCC1C(=O)O. The molecule has 3 rings (SSSR count). The van der Waals surface area contributed by atoms with Crippen LogP contribution in [0, 0.1) is 0 Å². The molecular formula is C23H31N5O7. The van der Waals surface area contributed by atoms with Gasteiger partial charge in [-0.3, -0.25) is 19.2 Å². The number of phenols is 1. The molecule has 12 heteroatoms. The molecule has 7 N–H and O–H groups in total. The molecule has 0 spiro atoms. The summed E-state index contributed by atoms with van der Waals surface area (Å²) >= 11 is 0. The highest BCUT2D eigenvalue weighted by molar-refractivity contribution is 5.96. The zero-order valence-electron chi connectivity index (χ0n) is 19.3. The van der Waals surface area contributed by atoms with Crippen molar-refractivity contribution in [2.75, 3.05) is 13.1 Å². The van der Waals surface area contributed by atoms with Crippen LogP contribution >= 0.6 is 0 Å². The Bertz CT molecular complexity index is 983. The number of rotatable bonds is 9. The first-order chi connectivity index (χ1) is 16.6. The van der Waals surface area contributed by atoms with Crippen molar-refractivity contribution >= 4 is 29.6 Å². The molecule has 0 saturated carbocycles. The summed E-state index contributed by atoms with van der Waals surface area (Å²) in [4.78, 5) is 64.9. The van der Waals surface area contributed by atoms with Gasteiger partial charge in [-0.1, -0.05) is 12.1 Å². The predicted octanol–water partition coefficient (Wildman–Crippen LogP) is -1.31. The summed E-state index contributed by atoms with van der Waals surface area (Å²) in [6, 6.07) is 1.97. The maximum atomic E-state index is 13.3. The summed E-state index contributed by atoms with van der Waals surface area (Å²) in [5, 5.41) is 21.3. The fourth-order valence-electron chi connectivity index (χ4n) is 4.62. The molecule has 35 heavy (non-hydrogen) atoms. The number of carboxylic acids is 1. The first kappa shape index (κ1) is 25.9. The molecule has 2 heterocycles. The molecule has 4 unspecified atom stereocenters. The molecule has 0 radical (unpaired) electrons. The topological polar surface area (TPSA) is 196 Å². The first-order valence-electron chi connectivity index (χ1n) is 11.5. The van der Waals surface area contributed by atoms with Gasteiger partial charge in [-0.05, 0) is 49.8 Å². The summed E-state index contributed by atoms with van der Waals surface area (Å²) in [6.45, 7) is 0.521. The fourth-order valence-corrected chi connectivity index (χ4v) is 4.62. The van der Waals surface area contributed by atoms with Crippen LogP contribution in [-0.2, 0) is 30.4 Å². The van der Waals surface area contributed by atoms with E-state index in [1.807, 2.05) is 0 Å². The number of carbonyl (C=O) groups excluding carboxylic acids is 4. The predicted molar refractivity (Wildman–Crippen MR) is 123 cm³/mol. The van der Waals surface area contributed by atoms with E-state index in [9.17, 15) is 34.2 Å². The molecule has 12 nitrogen and oxygen atoms in total. The van der Waals surface area contributed by atoms with Gasteiger partial charge in [0.2, 0.25) is 23.6 Å². The fraction of sp³-hybridized carbons (Fsp3) is 0.522. The Kier molecular flexibility index (Phi) is 8.28. The van der Waals surface area contributed by atoms with Crippen molar-refractivity contribution in [2.45, 2.75) is 62.7 Å². The number of aromatic hydroxyl groups is 1. The lowest BCUT2D eigenvalue weighted by Gasteiger charge is -2.32.